The van der Waals surface area contributed by atoms with Gasteiger partial charge < -0.3 is 4.42 Å². The van der Waals surface area contributed by atoms with Gasteiger partial charge in [-0.2, -0.15) is 0 Å². The Morgan fingerprint density at radius 2 is 2.00 bits per heavy atom. The van der Waals surface area contributed by atoms with Gasteiger partial charge in [0.1, 0.15) is 5.82 Å². The molecule has 1 aromatic carbocycles. The lowest BCUT2D eigenvalue weighted by atomic mass is 10.0. The second kappa shape index (κ2) is 4.04. The third kappa shape index (κ3) is 1.96. The Morgan fingerprint density at radius 1 is 1.25 bits per heavy atom. The SMILES string of the molecule is Cc1nnc(-c2cc(C(C)C)ccc2F)o1. The molecule has 3 nitrogen and oxygen atoms in total. The van der Waals surface area contributed by atoms with Crippen molar-refractivity contribution in [3.8, 4) is 11.5 Å². The maximum Gasteiger partial charge on any atom is 0.250 e. The van der Waals surface area contributed by atoms with Crippen molar-refractivity contribution >= 4 is 0 Å². The fourth-order valence-corrected chi connectivity index (χ4v) is 1.47. The first kappa shape index (κ1) is 10.8. The summed E-state index contributed by atoms with van der Waals surface area (Å²) in [7, 11) is 0. The van der Waals surface area contributed by atoms with Crippen LogP contribution >= 0.6 is 0 Å². The molecular weight excluding hydrogens is 207 g/mol. The monoisotopic (exact) mass is 220 g/mol. The Hall–Kier alpha value is -1.71. The predicted octanol–water partition coefficient (Wildman–Crippen LogP) is 3.31. The normalized spacial score (nSPS) is 11.1. The lowest BCUT2D eigenvalue weighted by Crippen LogP contribution is -1.91. The van der Waals surface area contributed by atoms with Crippen molar-refractivity contribution in [2.24, 2.45) is 0 Å². The topological polar surface area (TPSA) is 38.9 Å². The third-order valence-electron chi connectivity index (χ3n) is 2.41. The Kier molecular flexibility index (Phi) is 2.73. The molecule has 0 atom stereocenters. The first-order valence-corrected chi connectivity index (χ1v) is 5.18. The summed E-state index contributed by atoms with van der Waals surface area (Å²) < 4.78 is 18.8. The summed E-state index contributed by atoms with van der Waals surface area (Å²) in [5, 5.41) is 7.52. The van der Waals surface area contributed by atoms with E-state index in [0.717, 1.165) is 5.56 Å². The van der Waals surface area contributed by atoms with E-state index in [9.17, 15) is 4.39 Å². The Bertz CT molecular complexity index is 505. The van der Waals surface area contributed by atoms with E-state index < -0.39 is 0 Å². The molecule has 84 valence electrons. The highest BCUT2D eigenvalue weighted by molar-refractivity contribution is 5.55. The molecule has 2 rings (SSSR count). The minimum absolute atomic E-state index is 0.234. The van der Waals surface area contributed by atoms with Crippen LogP contribution in [0.5, 0.6) is 0 Å². The Balaban J connectivity index is 2.51. The van der Waals surface area contributed by atoms with Crippen LogP contribution in [0.3, 0.4) is 0 Å². The maximum atomic E-state index is 13.6. The molecule has 0 saturated carbocycles. The van der Waals surface area contributed by atoms with Crippen molar-refractivity contribution in [1.82, 2.24) is 10.2 Å². The molecule has 1 heterocycles. The van der Waals surface area contributed by atoms with Crippen molar-refractivity contribution in [1.29, 1.82) is 0 Å². The quantitative estimate of drug-likeness (QED) is 0.779. The molecule has 0 spiro atoms. The molecule has 0 fully saturated rings. The zero-order chi connectivity index (χ0) is 11.7. The Labute approximate surface area is 93.3 Å². The standard InChI is InChI=1S/C12H13FN2O/c1-7(2)9-4-5-11(13)10(6-9)12-15-14-8(3)16-12/h4-7H,1-3H3. The van der Waals surface area contributed by atoms with E-state index in [1.54, 1.807) is 19.1 Å². The van der Waals surface area contributed by atoms with Gasteiger partial charge in [0.25, 0.3) is 5.89 Å². The number of aromatic nitrogens is 2. The molecule has 0 aliphatic rings. The van der Waals surface area contributed by atoms with E-state index in [1.165, 1.54) is 6.07 Å². The van der Waals surface area contributed by atoms with Gasteiger partial charge >= 0.3 is 0 Å². The largest absolute Gasteiger partial charge is 0.421 e. The van der Waals surface area contributed by atoms with Crippen LogP contribution in [0.4, 0.5) is 4.39 Å². The zero-order valence-corrected chi connectivity index (χ0v) is 9.49. The van der Waals surface area contributed by atoms with E-state index in [-0.39, 0.29) is 11.7 Å². The van der Waals surface area contributed by atoms with Crippen LogP contribution in [-0.2, 0) is 0 Å². The Morgan fingerprint density at radius 3 is 2.56 bits per heavy atom. The molecule has 0 aliphatic carbocycles. The van der Waals surface area contributed by atoms with E-state index in [1.807, 2.05) is 0 Å². The first-order valence-electron chi connectivity index (χ1n) is 5.18. The van der Waals surface area contributed by atoms with E-state index in [0.29, 0.717) is 17.4 Å². The van der Waals surface area contributed by atoms with Crippen molar-refractivity contribution in [3.63, 3.8) is 0 Å². The van der Waals surface area contributed by atoms with Crippen LogP contribution in [-0.4, -0.2) is 10.2 Å². The number of halogens is 1. The van der Waals surface area contributed by atoms with Gasteiger partial charge in [0.2, 0.25) is 5.89 Å². The van der Waals surface area contributed by atoms with Crippen molar-refractivity contribution in [3.05, 3.63) is 35.5 Å². The number of aryl methyl sites for hydroxylation is 1. The summed E-state index contributed by atoms with van der Waals surface area (Å²) in [5.74, 6) is 0.665. The summed E-state index contributed by atoms with van der Waals surface area (Å²) in [6.07, 6.45) is 0. The van der Waals surface area contributed by atoms with Gasteiger partial charge in [-0.15, -0.1) is 10.2 Å². The number of benzene rings is 1. The molecule has 2 aromatic rings. The van der Waals surface area contributed by atoms with Gasteiger partial charge in [-0.25, -0.2) is 4.39 Å². The molecule has 0 aliphatic heterocycles. The highest BCUT2D eigenvalue weighted by Gasteiger charge is 2.13. The van der Waals surface area contributed by atoms with Gasteiger partial charge in [-0.05, 0) is 23.6 Å². The maximum absolute atomic E-state index is 13.6. The lowest BCUT2D eigenvalue weighted by Gasteiger charge is -2.06. The summed E-state index contributed by atoms with van der Waals surface area (Å²) in [6.45, 7) is 5.78. The smallest absolute Gasteiger partial charge is 0.250 e. The van der Waals surface area contributed by atoms with Gasteiger partial charge in [0.05, 0.1) is 5.56 Å². The molecule has 0 N–H and O–H groups in total. The average Bonchev–Trinajstić information content (AvgIpc) is 2.65. The number of nitrogens with zero attached hydrogens (tertiary/aromatic N) is 2. The van der Waals surface area contributed by atoms with E-state index in [2.05, 4.69) is 24.0 Å². The predicted molar refractivity (Wildman–Crippen MR) is 58.5 cm³/mol. The average molecular weight is 220 g/mol. The minimum Gasteiger partial charge on any atom is -0.421 e. The highest BCUT2D eigenvalue weighted by Crippen LogP contribution is 2.25. The summed E-state index contributed by atoms with van der Waals surface area (Å²) in [6, 6.07) is 4.96. The molecule has 4 heteroatoms. The van der Waals surface area contributed by atoms with Crippen LogP contribution in [0.1, 0.15) is 31.2 Å². The van der Waals surface area contributed by atoms with Crippen molar-refractivity contribution in [2.45, 2.75) is 26.7 Å². The van der Waals surface area contributed by atoms with Gasteiger partial charge in [0, 0.05) is 6.92 Å². The fourth-order valence-electron chi connectivity index (χ4n) is 1.47. The molecule has 0 saturated heterocycles. The van der Waals surface area contributed by atoms with Gasteiger partial charge in [-0.1, -0.05) is 19.9 Å². The lowest BCUT2D eigenvalue weighted by molar-refractivity contribution is 0.526. The third-order valence-corrected chi connectivity index (χ3v) is 2.41. The zero-order valence-electron chi connectivity index (χ0n) is 9.49. The molecule has 16 heavy (non-hydrogen) atoms. The molecule has 0 unspecified atom stereocenters. The van der Waals surface area contributed by atoms with Crippen molar-refractivity contribution in [2.75, 3.05) is 0 Å². The van der Waals surface area contributed by atoms with Gasteiger partial charge in [-0.3, -0.25) is 0 Å². The second-order valence-electron chi connectivity index (χ2n) is 4.02. The van der Waals surface area contributed by atoms with Gasteiger partial charge in [0.15, 0.2) is 0 Å². The highest BCUT2D eigenvalue weighted by atomic mass is 19.1. The van der Waals surface area contributed by atoms with Crippen LogP contribution in [0, 0.1) is 12.7 Å². The van der Waals surface area contributed by atoms with Crippen LogP contribution in [0.2, 0.25) is 0 Å². The van der Waals surface area contributed by atoms with Crippen LogP contribution < -0.4 is 0 Å². The molecule has 0 radical (unpaired) electrons. The fraction of sp³-hybridized carbons (Fsp3) is 0.333. The number of rotatable bonds is 2. The number of hydrogen-bond acceptors (Lipinski definition) is 3. The summed E-state index contributed by atoms with van der Waals surface area (Å²) >= 11 is 0. The minimum atomic E-state index is -0.340. The molecule has 0 bridgehead atoms. The molecular formula is C12H13FN2O. The van der Waals surface area contributed by atoms with Crippen molar-refractivity contribution < 1.29 is 8.81 Å². The van der Waals surface area contributed by atoms with Crippen LogP contribution in [0.25, 0.3) is 11.5 Å². The number of hydrogen-bond donors (Lipinski definition) is 0. The van der Waals surface area contributed by atoms with E-state index in [4.69, 9.17) is 4.42 Å². The first-order chi connectivity index (χ1) is 7.58. The second-order valence-corrected chi connectivity index (χ2v) is 4.02. The molecule has 0 amide bonds. The summed E-state index contributed by atoms with van der Waals surface area (Å²) in [5.41, 5.74) is 1.42. The van der Waals surface area contributed by atoms with Crippen LogP contribution in [0.15, 0.2) is 22.6 Å². The molecule has 1 aromatic heterocycles. The summed E-state index contributed by atoms with van der Waals surface area (Å²) in [4.78, 5) is 0. The van der Waals surface area contributed by atoms with E-state index >= 15 is 0 Å².